The first-order valence-electron chi connectivity index (χ1n) is 9.08. The number of nitrogens with two attached hydrogens (primary N) is 2. The first-order valence-corrected chi connectivity index (χ1v) is 9.08. The summed E-state index contributed by atoms with van der Waals surface area (Å²) in [4.78, 5) is 14.5. The Hall–Kier alpha value is -2.99. The summed E-state index contributed by atoms with van der Waals surface area (Å²) in [6.45, 7) is 0.918. The number of furan rings is 1. The van der Waals surface area contributed by atoms with Crippen molar-refractivity contribution < 1.29 is 14.3 Å². The van der Waals surface area contributed by atoms with E-state index in [-0.39, 0.29) is 11.6 Å². The number of fused-ring (bicyclic) bond motifs is 3. The van der Waals surface area contributed by atoms with Crippen LogP contribution in [0.4, 0.5) is 0 Å². The molecule has 1 aliphatic heterocycles. The lowest BCUT2D eigenvalue weighted by molar-refractivity contribution is -0.133. The Morgan fingerprint density at radius 3 is 2.59 bits per heavy atom. The monoisotopic (exact) mass is 365 g/mol. The number of para-hydroxylation sites is 1. The molecule has 2 heterocycles. The molecule has 1 amide bonds. The van der Waals surface area contributed by atoms with Crippen molar-refractivity contribution in [3.63, 3.8) is 0 Å². The lowest BCUT2D eigenvalue weighted by Gasteiger charge is -2.38. The molecule has 3 aromatic rings. The molecule has 0 unspecified atom stereocenters. The van der Waals surface area contributed by atoms with Crippen LogP contribution in [-0.4, -0.2) is 34.6 Å². The van der Waals surface area contributed by atoms with E-state index >= 15 is 0 Å². The van der Waals surface area contributed by atoms with Gasteiger partial charge in [0.25, 0.3) is 0 Å². The van der Waals surface area contributed by atoms with Gasteiger partial charge in [0, 0.05) is 30.1 Å². The van der Waals surface area contributed by atoms with E-state index in [2.05, 4.69) is 0 Å². The van der Waals surface area contributed by atoms with Crippen LogP contribution in [0.3, 0.4) is 0 Å². The molecule has 1 aliphatic rings. The second kappa shape index (κ2) is 6.63. The largest absolute Gasteiger partial charge is 0.456 e. The lowest BCUT2D eigenvalue weighted by atomic mass is 9.88. The van der Waals surface area contributed by atoms with Gasteiger partial charge in [-0.2, -0.15) is 0 Å². The van der Waals surface area contributed by atoms with Crippen molar-refractivity contribution >= 4 is 27.8 Å². The van der Waals surface area contributed by atoms with Crippen molar-refractivity contribution in [3.8, 4) is 0 Å². The maximum absolute atomic E-state index is 12.7. The first-order chi connectivity index (χ1) is 13.0. The Labute approximate surface area is 157 Å². The number of piperidine rings is 1. The third kappa shape index (κ3) is 3.13. The lowest BCUT2D eigenvalue weighted by Crippen LogP contribution is -2.49. The molecular weight excluding hydrogens is 342 g/mol. The number of carbonyl (C=O) groups is 1. The number of likely N-dealkylation sites (tertiary alicyclic amines) is 1. The van der Waals surface area contributed by atoms with Gasteiger partial charge in [-0.15, -0.1) is 0 Å². The van der Waals surface area contributed by atoms with E-state index in [1.165, 1.54) is 6.20 Å². The average molecular weight is 365 g/mol. The van der Waals surface area contributed by atoms with Gasteiger partial charge in [0.2, 0.25) is 5.91 Å². The third-order valence-electron chi connectivity index (χ3n) is 5.46. The molecule has 0 radical (unpaired) electrons. The molecule has 5 N–H and O–H groups in total. The van der Waals surface area contributed by atoms with Crippen LogP contribution in [0.15, 0.2) is 58.8 Å². The van der Waals surface area contributed by atoms with Crippen LogP contribution in [0.2, 0.25) is 0 Å². The van der Waals surface area contributed by atoms with Crippen LogP contribution < -0.4 is 11.5 Å². The van der Waals surface area contributed by atoms with E-state index in [0.717, 1.165) is 27.5 Å². The second-order valence-electron chi connectivity index (χ2n) is 7.14. The summed E-state index contributed by atoms with van der Waals surface area (Å²) in [5, 5.41) is 12.6. The number of carbonyl (C=O) groups excluding carboxylic acids is 1. The highest BCUT2D eigenvalue weighted by Crippen LogP contribution is 2.30. The summed E-state index contributed by atoms with van der Waals surface area (Å²) in [5.74, 6) is 0.0412. The average Bonchev–Trinajstić information content (AvgIpc) is 3.06. The second-order valence-corrected chi connectivity index (χ2v) is 7.14. The van der Waals surface area contributed by atoms with Crippen LogP contribution in [0, 0.1) is 0 Å². The summed E-state index contributed by atoms with van der Waals surface area (Å²) < 4.78 is 5.83. The molecule has 0 bridgehead atoms. The summed E-state index contributed by atoms with van der Waals surface area (Å²) in [5.41, 5.74) is 13.0. The van der Waals surface area contributed by atoms with E-state index in [1.807, 2.05) is 42.5 Å². The van der Waals surface area contributed by atoms with Crippen molar-refractivity contribution in [2.24, 2.45) is 11.5 Å². The van der Waals surface area contributed by atoms with Crippen LogP contribution >= 0.6 is 0 Å². The molecule has 0 spiro atoms. The number of rotatable bonds is 3. The first kappa shape index (κ1) is 17.4. The van der Waals surface area contributed by atoms with E-state index in [1.54, 1.807) is 4.90 Å². The Bertz CT molecular complexity index is 1030. The van der Waals surface area contributed by atoms with Gasteiger partial charge in [0.05, 0.1) is 12.1 Å². The van der Waals surface area contributed by atoms with Crippen molar-refractivity contribution in [1.29, 1.82) is 0 Å². The fourth-order valence-electron chi connectivity index (χ4n) is 3.74. The van der Waals surface area contributed by atoms with Gasteiger partial charge in [-0.05, 0) is 36.6 Å². The molecule has 0 atom stereocenters. The van der Waals surface area contributed by atoms with Gasteiger partial charge in [-0.3, -0.25) is 4.79 Å². The molecule has 140 valence electrons. The summed E-state index contributed by atoms with van der Waals surface area (Å²) in [7, 11) is 0. The molecule has 2 aromatic carbocycles. The molecule has 1 aromatic heterocycles. The highest BCUT2D eigenvalue weighted by atomic mass is 16.3. The van der Waals surface area contributed by atoms with Gasteiger partial charge in [0.1, 0.15) is 16.8 Å². The topological polar surface area (TPSA) is 106 Å². The quantitative estimate of drug-likeness (QED) is 0.660. The highest BCUT2D eigenvalue weighted by Gasteiger charge is 2.35. The minimum atomic E-state index is -1.11. The normalized spacial score (nSPS) is 17.5. The molecule has 1 saturated heterocycles. The fourth-order valence-corrected chi connectivity index (χ4v) is 3.74. The van der Waals surface area contributed by atoms with Crippen molar-refractivity contribution in [1.82, 2.24) is 4.90 Å². The van der Waals surface area contributed by atoms with Crippen LogP contribution in [-0.2, 0) is 11.2 Å². The smallest absolute Gasteiger partial charge is 0.226 e. The van der Waals surface area contributed by atoms with Gasteiger partial charge in [-0.1, -0.05) is 24.3 Å². The molecule has 27 heavy (non-hydrogen) atoms. The Morgan fingerprint density at radius 2 is 1.85 bits per heavy atom. The molecular formula is C21H23N3O3. The van der Waals surface area contributed by atoms with Gasteiger partial charge >= 0.3 is 0 Å². The SMILES string of the molecule is N/C=C(\N)C1(O)CCN(C(=O)Cc2ccc3oc4ccccc4c3c2)CC1. The molecule has 0 saturated carbocycles. The van der Waals surface area contributed by atoms with E-state index in [9.17, 15) is 9.90 Å². The zero-order valence-electron chi connectivity index (χ0n) is 15.0. The van der Waals surface area contributed by atoms with Crippen molar-refractivity contribution in [2.75, 3.05) is 13.1 Å². The zero-order chi connectivity index (χ0) is 19.0. The minimum Gasteiger partial charge on any atom is -0.456 e. The predicted molar refractivity (Wildman–Crippen MR) is 105 cm³/mol. The van der Waals surface area contributed by atoms with Gasteiger partial charge < -0.3 is 25.9 Å². The standard InChI is InChI=1S/C21H23N3O3/c22-13-19(23)21(26)7-9-24(10-8-21)20(25)12-14-5-6-18-16(11-14)15-3-1-2-4-17(15)27-18/h1-6,11,13,26H,7-10,12,22-23H2/b19-13-. The minimum absolute atomic E-state index is 0.0412. The van der Waals surface area contributed by atoms with Crippen molar-refractivity contribution in [3.05, 3.63) is 59.9 Å². The molecule has 0 aliphatic carbocycles. The summed E-state index contributed by atoms with van der Waals surface area (Å²) in [6, 6.07) is 13.8. The highest BCUT2D eigenvalue weighted by molar-refractivity contribution is 6.05. The van der Waals surface area contributed by atoms with Crippen LogP contribution in [0.1, 0.15) is 18.4 Å². The van der Waals surface area contributed by atoms with E-state index in [0.29, 0.717) is 32.4 Å². The maximum Gasteiger partial charge on any atom is 0.226 e. The molecule has 6 heteroatoms. The van der Waals surface area contributed by atoms with E-state index < -0.39 is 5.60 Å². The summed E-state index contributed by atoms with van der Waals surface area (Å²) >= 11 is 0. The summed E-state index contributed by atoms with van der Waals surface area (Å²) in [6.07, 6.45) is 2.34. The number of amides is 1. The van der Waals surface area contributed by atoms with Gasteiger partial charge in [-0.25, -0.2) is 0 Å². The zero-order valence-corrected chi connectivity index (χ0v) is 15.0. The van der Waals surface area contributed by atoms with Crippen LogP contribution in [0.25, 0.3) is 21.9 Å². The Morgan fingerprint density at radius 1 is 1.15 bits per heavy atom. The van der Waals surface area contributed by atoms with Crippen LogP contribution in [0.5, 0.6) is 0 Å². The third-order valence-corrected chi connectivity index (χ3v) is 5.46. The molecule has 6 nitrogen and oxygen atoms in total. The Balaban J connectivity index is 1.49. The van der Waals surface area contributed by atoms with Gasteiger partial charge in [0.15, 0.2) is 0 Å². The number of nitrogens with zero attached hydrogens (tertiary/aromatic N) is 1. The molecule has 1 fully saturated rings. The Kier molecular flexibility index (Phi) is 4.28. The maximum atomic E-state index is 12.7. The number of hydrogen-bond donors (Lipinski definition) is 3. The predicted octanol–water partition coefficient (Wildman–Crippen LogP) is 2.24. The number of benzene rings is 2. The van der Waals surface area contributed by atoms with Crippen molar-refractivity contribution in [2.45, 2.75) is 24.9 Å². The number of aliphatic hydroxyl groups is 1. The fraction of sp³-hybridized carbons (Fsp3) is 0.286. The molecule has 4 rings (SSSR count). The number of hydrogen-bond acceptors (Lipinski definition) is 5. The van der Waals surface area contributed by atoms with E-state index in [4.69, 9.17) is 15.9 Å².